The summed E-state index contributed by atoms with van der Waals surface area (Å²) in [6.07, 6.45) is 1.62. The second-order valence-electron chi connectivity index (χ2n) is 4.09. The molecule has 21 heavy (non-hydrogen) atoms. The Morgan fingerprint density at radius 3 is 2.81 bits per heavy atom. The molecule has 1 N–H and O–H groups in total. The molecule has 0 spiro atoms. The van der Waals surface area contributed by atoms with Crippen LogP contribution in [-0.2, 0) is 0 Å². The molecule has 1 aromatic carbocycles. The quantitative estimate of drug-likeness (QED) is 0.896. The predicted molar refractivity (Wildman–Crippen MR) is 84.1 cm³/mol. The zero-order valence-electron chi connectivity index (χ0n) is 11.7. The van der Waals surface area contributed by atoms with Gasteiger partial charge in [-0.05, 0) is 47.1 Å². The molecule has 0 atom stereocenters. The van der Waals surface area contributed by atoms with E-state index in [9.17, 15) is 4.79 Å². The highest BCUT2D eigenvalue weighted by Gasteiger charge is 2.15. The van der Waals surface area contributed by atoms with Crippen molar-refractivity contribution in [3.8, 4) is 11.5 Å². The van der Waals surface area contributed by atoms with E-state index in [-0.39, 0.29) is 5.91 Å². The van der Waals surface area contributed by atoms with Gasteiger partial charge in [0.05, 0.1) is 18.2 Å². The monoisotopic (exact) mass is 350 g/mol. The molecule has 1 aromatic heterocycles. The van der Waals surface area contributed by atoms with Gasteiger partial charge in [-0.25, -0.2) is 4.98 Å². The second-order valence-corrected chi connectivity index (χ2v) is 4.95. The maximum absolute atomic E-state index is 12.2. The molecule has 6 heteroatoms. The number of rotatable bonds is 5. The fraction of sp³-hybridized carbons (Fsp3) is 0.200. The summed E-state index contributed by atoms with van der Waals surface area (Å²) in [5.41, 5.74) is 0.452. The SMILES string of the molecule is CCOc1c(Br)cc(C(=O)Nc2ccccn2)cc1OC. The minimum atomic E-state index is -0.268. The third-order valence-electron chi connectivity index (χ3n) is 2.69. The van der Waals surface area contributed by atoms with Crippen molar-refractivity contribution in [3.63, 3.8) is 0 Å². The van der Waals surface area contributed by atoms with E-state index in [0.29, 0.717) is 34.0 Å². The molecule has 0 aliphatic carbocycles. The molecule has 0 unspecified atom stereocenters. The molecule has 0 bridgehead atoms. The van der Waals surface area contributed by atoms with E-state index < -0.39 is 0 Å². The number of benzene rings is 1. The number of nitrogens with one attached hydrogen (secondary N) is 1. The van der Waals surface area contributed by atoms with E-state index in [0.717, 1.165) is 0 Å². The average Bonchev–Trinajstić information content (AvgIpc) is 2.50. The Kier molecular flexibility index (Phi) is 5.16. The van der Waals surface area contributed by atoms with Crippen LogP contribution in [0.15, 0.2) is 41.0 Å². The molecule has 110 valence electrons. The number of aromatic nitrogens is 1. The Bertz CT molecular complexity index is 632. The van der Waals surface area contributed by atoms with Crippen molar-refractivity contribution in [3.05, 3.63) is 46.6 Å². The standard InChI is InChI=1S/C15H15BrN2O3/c1-3-21-14-11(16)8-10(9-12(14)20-2)15(19)18-13-6-4-5-7-17-13/h4-9H,3H2,1-2H3,(H,17,18,19). The lowest BCUT2D eigenvalue weighted by Gasteiger charge is -2.13. The molecule has 0 saturated heterocycles. The normalized spacial score (nSPS) is 10.0. The lowest BCUT2D eigenvalue weighted by Crippen LogP contribution is -2.13. The Labute approximate surface area is 131 Å². The number of carbonyl (C=O) groups excluding carboxylic acids is 1. The third-order valence-corrected chi connectivity index (χ3v) is 3.28. The summed E-state index contributed by atoms with van der Waals surface area (Å²) in [5, 5.41) is 2.72. The minimum Gasteiger partial charge on any atom is -0.493 e. The molecule has 0 saturated carbocycles. The van der Waals surface area contributed by atoms with Gasteiger partial charge in [-0.2, -0.15) is 0 Å². The second kappa shape index (κ2) is 7.08. The largest absolute Gasteiger partial charge is 0.493 e. The number of nitrogens with zero attached hydrogens (tertiary/aromatic N) is 1. The van der Waals surface area contributed by atoms with E-state index in [4.69, 9.17) is 9.47 Å². The van der Waals surface area contributed by atoms with Crippen molar-refractivity contribution in [1.82, 2.24) is 4.98 Å². The lowest BCUT2D eigenvalue weighted by atomic mass is 10.2. The number of anilines is 1. The number of methoxy groups -OCH3 is 1. The first kappa shape index (κ1) is 15.3. The van der Waals surface area contributed by atoms with Crippen molar-refractivity contribution >= 4 is 27.7 Å². The Morgan fingerprint density at radius 1 is 1.38 bits per heavy atom. The highest BCUT2D eigenvalue weighted by molar-refractivity contribution is 9.10. The Balaban J connectivity index is 2.27. The highest BCUT2D eigenvalue weighted by Crippen LogP contribution is 2.36. The summed E-state index contributed by atoms with van der Waals surface area (Å²) >= 11 is 3.39. The van der Waals surface area contributed by atoms with Crippen LogP contribution in [0, 0.1) is 0 Å². The number of carbonyl (C=O) groups is 1. The summed E-state index contributed by atoms with van der Waals surface area (Å²) in [6, 6.07) is 8.63. The van der Waals surface area contributed by atoms with Gasteiger partial charge < -0.3 is 14.8 Å². The lowest BCUT2D eigenvalue weighted by molar-refractivity contribution is 0.102. The molecule has 2 rings (SSSR count). The van der Waals surface area contributed by atoms with Crippen LogP contribution < -0.4 is 14.8 Å². The van der Waals surface area contributed by atoms with E-state index in [1.54, 1.807) is 36.5 Å². The predicted octanol–water partition coefficient (Wildman–Crippen LogP) is 3.50. The van der Waals surface area contributed by atoms with Gasteiger partial charge in [0.25, 0.3) is 5.91 Å². The number of halogens is 1. The van der Waals surface area contributed by atoms with Crippen molar-refractivity contribution in [2.45, 2.75) is 6.92 Å². The third kappa shape index (κ3) is 3.72. The van der Waals surface area contributed by atoms with Gasteiger partial charge in [0.2, 0.25) is 0 Å². The topological polar surface area (TPSA) is 60.5 Å². The summed E-state index contributed by atoms with van der Waals surface area (Å²) in [5.74, 6) is 1.30. The molecule has 0 fully saturated rings. The number of amides is 1. The van der Waals surface area contributed by atoms with E-state index >= 15 is 0 Å². The molecule has 1 amide bonds. The first-order chi connectivity index (χ1) is 10.2. The van der Waals surface area contributed by atoms with E-state index in [1.807, 2.05) is 6.92 Å². The molecule has 0 aliphatic rings. The van der Waals surface area contributed by atoms with Crippen molar-refractivity contribution in [2.24, 2.45) is 0 Å². The van der Waals surface area contributed by atoms with Crippen LogP contribution in [-0.4, -0.2) is 24.6 Å². The number of pyridine rings is 1. The molecular formula is C15H15BrN2O3. The molecule has 0 aliphatic heterocycles. The van der Waals surface area contributed by atoms with Crippen molar-refractivity contribution in [1.29, 1.82) is 0 Å². The number of ether oxygens (including phenoxy) is 2. The Morgan fingerprint density at radius 2 is 2.19 bits per heavy atom. The van der Waals surface area contributed by atoms with Gasteiger partial charge in [0.1, 0.15) is 5.82 Å². The first-order valence-electron chi connectivity index (χ1n) is 6.38. The van der Waals surface area contributed by atoms with Crippen LogP contribution in [0.4, 0.5) is 5.82 Å². The first-order valence-corrected chi connectivity index (χ1v) is 7.17. The van der Waals surface area contributed by atoms with Crippen molar-refractivity contribution < 1.29 is 14.3 Å². The number of hydrogen-bond donors (Lipinski definition) is 1. The maximum atomic E-state index is 12.2. The molecule has 5 nitrogen and oxygen atoms in total. The smallest absolute Gasteiger partial charge is 0.256 e. The van der Waals surface area contributed by atoms with Crippen LogP contribution in [0.2, 0.25) is 0 Å². The van der Waals surface area contributed by atoms with Crippen LogP contribution in [0.5, 0.6) is 11.5 Å². The summed E-state index contributed by atoms with van der Waals surface area (Å²) in [4.78, 5) is 16.3. The molecule has 1 heterocycles. The van der Waals surface area contributed by atoms with Crippen LogP contribution >= 0.6 is 15.9 Å². The average molecular weight is 351 g/mol. The fourth-order valence-electron chi connectivity index (χ4n) is 1.76. The number of hydrogen-bond acceptors (Lipinski definition) is 4. The zero-order chi connectivity index (χ0) is 15.2. The van der Waals surface area contributed by atoms with Gasteiger partial charge in [0, 0.05) is 11.8 Å². The fourth-order valence-corrected chi connectivity index (χ4v) is 2.32. The summed E-state index contributed by atoms with van der Waals surface area (Å²) in [6.45, 7) is 2.39. The summed E-state index contributed by atoms with van der Waals surface area (Å²) < 4.78 is 11.4. The van der Waals surface area contributed by atoms with Gasteiger partial charge >= 0.3 is 0 Å². The highest BCUT2D eigenvalue weighted by atomic mass is 79.9. The molecule has 0 radical (unpaired) electrons. The molecular weight excluding hydrogens is 336 g/mol. The van der Waals surface area contributed by atoms with E-state index in [2.05, 4.69) is 26.2 Å². The van der Waals surface area contributed by atoms with Crippen LogP contribution in [0.25, 0.3) is 0 Å². The Hall–Kier alpha value is -2.08. The van der Waals surface area contributed by atoms with Crippen molar-refractivity contribution in [2.75, 3.05) is 19.0 Å². The molecule has 2 aromatic rings. The van der Waals surface area contributed by atoms with E-state index in [1.165, 1.54) is 7.11 Å². The zero-order valence-corrected chi connectivity index (χ0v) is 13.3. The van der Waals surface area contributed by atoms with Gasteiger partial charge in [-0.1, -0.05) is 6.07 Å². The maximum Gasteiger partial charge on any atom is 0.256 e. The minimum absolute atomic E-state index is 0.268. The van der Waals surface area contributed by atoms with Gasteiger partial charge in [0.15, 0.2) is 11.5 Å². The van der Waals surface area contributed by atoms with Crippen LogP contribution in [0.3, 0.4) is 0 Å². The van der Waals surface area contributed by atoms with Gasteiger partial charge in [-0.15, -0.1) is 0 Å². The van der Waals surface area contributed by atoms with Gasteiger partial charge in [-0.3, -0.25) is 4.79 Å². The van der Waals surface area contributed by atoms with Crippen LogP contribution in [0.1, 0.15) is 17.3 Å². The summed E-state index contributed by atoms with van der Waals surface area (Å²) in [7, 11) is 1.53.